The minimum atomic E-state index is -4.37. The molecule has 0 saturated heterocycles. The van der Waals surface area contributed by atoms with E-state index in [9.17, 15) is 41.0 Å². The third-order valence-electron chi connectivity index (χ3n) is 9.30. The lowest BCUT2D eigenvalue weighted by molar-refractivity contribution is -0.138. The first-order valence-corrected chi connectivity index (χ1v) is 20.0. The van der Waals surface area contributed by atoms with Crippen LogP contribution < -0.4 is 0 Å². The molecule has 0 radical (unpaired) electrons. The summed E-state index contributed by atoms with van der Waals surface area (Å²) < 4.78 is 84.8. The third-order valence-corrected chi connectivity index (χ3v) is 11.6. The molecule has 0 fully saturated rings. The third kappa shape index (κ3) is 9.73. The number of halogens is 6. The molecule has 4 heterocycles. The highest BCUT2D eigenvalue weighted by molar-refractivity contribution is 7.20. The van der Waals surface area contributed by atoms with E-state index in [0.717, 1.165) is 70.6 Å². The van der Waals surface area contributed by atoms with Gasteiger partial charge >= 0.3 is 24.3 Å². The van der Waals surface area contributed by atoms with Gasteiger partial charge in [-0.15, -0.1) is 22.7 Å². The number of fused-ring (bicyclic) bond motifs is 2. The van der Waals surface area contributed by atoms with Crippen LogP contribution in [0.1, 0.15) is 59.6 Å². The monoisotopic (exact) mass is 854 g/mol. The van der Waals surface area contributed by atoms with Gasteiger partial charge in [0.2, 0.25) is 0 Å². The summed E-state index contributed by atoms with van der Waals surface area (Å²) in [6.45, 7) is 2.05. The number of pyridine rings is 2. The fraction of sp³-hybridized carbons (Fsp3) is 0.130. The Hall–Kier alpha value is -6.38. The molecule has 60 heavy (non-hydrogen) atoms. The second-order valence-electron chi connectivity index (χ2n) is 13.5. The van der Waals surface area contributed by atoms with Crippen molar-refractivity contribution in [2.75, 3.05) is 6.61 Å². The lowest BCUT2D eigenvalue weighted by Gasteiger charge is -2.08. The molecule has 6 nitrogen and oxygen atoms in total. The van der Waals surface area contributed by atoms with E-state index in [-0.39, 0.29) is 11.5 Å². The number of carboxylic acid groups (broad SMARTS) is 1. The Bertz CT molecular complexity index is 2850. The molecular formula is C46H32F6N2O4S2. The van der Waals surface area contributed by atoms with Crippen molar-refractivity contribution >= 4 is 55.0 Å². The Morgan fingerprint density at radius 2 is 1.05 bits per heavy atom. The van der Waals surface area contributed by atoms with Crippen molar-refractivity contribution in [1.82, 2.24) is 9.97 Å². The number of thiophene rings is 2. The molecule has 4 aromatic heterocycles. The van der Waals surface area contributed by atoms with Crippen molar-refractivity contribution in [3.05, 3.63) is 177 Å². The first-order valence-electron chi connectivity index (χ1n) is 18.3. The summed E-state index contributed by atoms with van der Waals surface area (Å²) in [6.07, 6.45) is -4.66. The van der Waals surface area contributed by atoms with Crippen LogP contribution in [0.2, 0.25) is 0 Å². The molecule has 0 saturated carbocycles. The van der Waals surface area contributed by atoms with E-state index in [1.165, 1.54) is 46.9 Å². The number of ether oxygens (including phenoxy) is 1. The SMILES string of the molecule is CCOC(=O)c1cccc(-c2ccnc3cc(Cc4cccc(C(F)(F)F)c4)sc23)c1.O=C(O)c1cccc(-c2ccnc3cc(Cc4cccc(C(F)(F)F)c4)sc23)c1. The Morgan fingerprint density at radius 1 is 0.600 bits per heavy atom. The lowest BCUT2D eigenvalue weighted by Crippen LogP contribution is -2.05. The molecular weight excluding hydrogens is 823 g/mol. The Kier molecular flexibility index (Phi) is 12.2. The van der Waals surface area contributed by atoms with Gasteiger partial charge in [-0.25, -0.2) is 9.59 Å². The standard InChI is InChI=1S/C24H18F3NO2S.C22H14F3NO2S/c1-2-30-23(29)17-7-4-6-16(13-17)20-9-10-28-21-14-19(31-22(20)21)12-15-5-3-8-18(11-15)24(25,26)27;23-22(24,25)16-6-1-3-13(9-16)10-17-12-19-20(29-17)18(7-8-26-19)14-4-2-5-15(11-14)21(27)28/h3-11,13-14H,2,12H2,1H3;1-9,11-12H,10H2,(H,27,28). The molecule has 8 aromatic rings. The van der Waals surface area contributed by atoms with E-state index in [1.807, 2.05) is 36.4 Å². The van der Waals surface area contributed by atoms with Gasteiger partial charge in [0.05, 0.1) is 49.3 Å². The van der Waals surface area contributed by atoms with Gasteiger partial charge in [-0.3, -0.25) is 9.97 Å². The molecule has 14 heteroatoms. The minimum Gasteiger partial charge on any atom is -0.478 e. The van der Waals surface area contributed by atoms with Crippen LogP contribution in [0.4, 0.5) is 26.3 Å². The predicted molar refractivity (Wildman–Crippen MR) is 222 cm³/mol. The largest absolute Gasteiger partial charge is 0.478 e. The molecule has 0 spiro atoms. The van der Waals surface area contributed by atoms with Crippen molar-refractivity contribution in [2.45, 2.75) is 32.1 Å². The van der Waals surface area contributed by atoms with Crippen LogP contribution in [0.15, 0.2) is 134 Å². The van der Waals surface area contributed by atoms with E-state index >= 15 is 0 Å². The fourth-order valence-corrected chi connectivity index (χ4v) is 8.94. The number of esters is 1. The van der Waals surface area contributed by atoms with Gasteiger partial charge < -0.3 is 9.84 Å². The zero-order valence-electron chi connectivity index (χ0n) is 31.5. The van der Waals surface area contributed by atoms with Gasteiger partial charge in [0, 0.05) is 46.1 Å². The quantitative estimate of drug-likeness (QED) is 0.115. The Morgan fingerprint density at radius 3 is 1.50 bits per heavy atom. The number of carbonyl (C=O) groups excluding carboxylic acids is 1. The summed E-state index contributed by atoms with van der Waals surface area (Å²) in [4.78, 5) is 33.9. The maximum Gasteiger partial charge on any atom is 0.416 e. The van der Waals surface area contributed by atoms with Crippen LogP contribution in [-0.4, -0.2) is 33.6 Å². The molecule has 1 N–H and O–H groups in total. The van der Waals surface area contributed by atoms with Gasteiger partial charge in [0.1, 0.15) is 0 Å². The molecule has 4 aromatic carbocycles. The first-order chi connectivity index (χ1) is 28.7. The predicted octanol–water partition coefficient (Wildman–Crippen LogP) is 13.0. The number of hydrogen-bond acceptors (Lipinski definition) is 7. The van der Waals surface area contributed by atoms with Crippen LogP contribution in [0.3, 0.4) is 0 Å². The minimum absolute atomic E-state index is 0.188. The molecule has 0 atom stereocenters. The number of alkyl halides is 6. The number of aromatic carboxylic acids is 1. The highest BCUT2D eigenvalue weighted by atomic mass is 32.1. The van der Waals surface area contributed by atoms with Crippen LogP contribution in [-0.2, 0) is 29.9 Å². The number of benzene rings is 4. The first kappa shape index (κ1) is 41.8. The van der Waals surface area contributed by atoms with Gasteiger partial charge in [-0.05, 0) is 89.8 Å². The smallest absolute Gasteiger partial charge is 0.416 e. The number of aromatic nitrogens is 2. The van der Waals surface area contributed by atoms with Gasteiger partial charge in [0.25, 0.3) is 0 Å². The average Bonchev–Trinajstić information content (AvgIpc) is 3.84. The molecule has 8 rings (SSSR count). The zero-order valence-corrected chi connectivity index (χ0v) is 33.1. The molecule has 304 valence electrons. The summed E-state index contributed by atoms with van der Waals surface area (Å²) in [7, 11) is 0. The molecule has 0 bridgehead atoms. The van der Waals surface area contributed by atoms with Crippen molar-refractivity contribution in [3.63, 3.8) is 0 Å². The zero-order chi connectivity index (χ0) is 42.6. The summed E-state index contributed by atoms with van der Waals surface area (Å²) in [6, 6.07) is 31.9. The topological polar surface area (TPSA) is 89.4 Å². The van der Waals surface area contributed by atoms with E-state index in [2.05, 4.69) is 9.97 Å². The van der Waals surface area contributed by atoms with Gasteiger partial charge in [0.15, 0.2) is 0 Å². The van der Waals surface area contributed by atoms with Crippen molar-refractivity contribution in [1.29, 1.82) is 0 Å². The van der Waals surface area contributed by atoms with Crippen molar-refractivity contribution in [3.8, 4) is 22.3 Å². The highest BCUT2D eigenvalue weighted by Crippen LogP contribution is 2.38. The maximum absolute atomic E-state index is 13.0. The number of hydrogen-bond donors (Lipinski definition) is 1. The Balaban J connectivity index is 0.000000182. The number of carbonyl (C=O) groups is 2. The molecule has 0 unspecified atom stereocenters. The summed E-state index contributed by atoms with van der Waals surface area (Å²) in [5.74, 6) is -1.39. The lowest BCUT2D eigenvalue weighted by atomic mass is 10.0. The maximum atomic E-state index is 13.0. The normalized spacial score (nSPS) is 11.7. The number of rotatable bonds is 9. The summed E-state index contributed by atoms with van der Waals surface area (Å²) in [5, 5.41) is 9.23. The average molecular weight is 855 g/mol. The summed E-state index contributed by atoms with van der Waals surface area (Å²) in [5.41, 5.74) is 5.36. The molecule has 0 amide bonds. The second kappa shape index (κ2) is 17.5. The molecule has 0 aliphatic carbocycles. The van der Waals surface area contributed by atoms with E-state index in [4.69, 9.17) is 4.74 Å². The second-order valence-corrected chi connectivity index (χ2v) is 15.8. The van der Waals surface area contributed by atoms with Gasteiger partial charge in [-0.2, -0.15) is 26.3 Å². The van der Waals surface area contributed by atoms with Gasteiger partial charge in [-0.1, -0.05) is 60.7 Å². The van der Waals surface area contributed by atoms with E-state index < -0.39 is 29.4 Å². The molecule has 0 aliphatic heterocycles. The number of nitrogens with zero attached hydrogens (tertiary/aromatic N) is 2. The Labute approximate surface area is 347 Å². The van der Waals surface area contributed by atoms with Crippen LogP contribution in [0, 0.1) is 0 Å². The van der Waals surface area contributed by atoms with Crippen molar-refractivity contribution < 1.29 is 45.8 Å². The molecule has 0 aliphatic rings. The van der Waals surface area contributed by atoms with E-state index in [1.54, 1.807) is 61.8 Å². The van der Waals surface area contributed by atoms with Crippen LogP contribution in [0.25, 0.3) is 42.7 Å². The highest BCUT2D eigenvalue weighted by Gasteiger charge is 2.31. The van der Waals surface area contributed by atoms with E-state index in [0.29, 0.717) is 36.1 Å². The number of carboxylic acids is 1. The fourth-order valence-electron chi connectivity index (χ4n) is 6.57. The summed E-state index contributed by atoms with van der Waals surface area (Å²) >= 11 is 2.94. The van der Waals surface area contributed by atoms with Crippen molar-refractivity contribution in [2.24, 2.45) is 0 Å². The van der Waals surface area contributed by atoms with Crippen LogP contribution in [0.5, 0.6) is 0 Å². The van der Waals surface area contributed by atoms with Crippen LogP contribution >= 0.6 is 22.7 Å².